The molecule has 122 valence electrons. The molecule has 0 aliphatic carbocycles. The number of carbonyl (C=O) groups excluding carboxylic acids is 1. The molecular formula is C15H17N3O3S2. The minimum Gasteiger partial charge on any atom is -0.325 e. The normalized spacial score (nSPS) is 11.4. The zero-order valence-corrected chi connectivity index (χ0v) is 14.4. The highest BCUT2D eigenvalue weighted by molar-refractivity contribution is 7.98. The lowest BCUT2D eigenvalue weighted by Gasteiger charge is -2.16. The van der Waals surface area contributed by atoms with Gasteiger partial charge in [-0.15, -0.1) is 11.8 Å². The van der Waals surface area contributed by atoms with Crippen molar-refractivity contribution in [3.05, 3.63) is 48.8 Å². The summed E-state index contributed by atoms with van der Waals surface area (Å²) < 4.78 is 25.6. The number of carbonyl (C=O) groups is 1. The Kier molecular flexibility index (Phi) is 5.75. The van der Waals surface area contributed by atoms with Gasteiger partial charge in [0.1, 0.15) is 4.90 Å². The molecule has 8 heteroatoms. The number of benzene rings is 1. The van der Waals surface area contributed by atoms with Crippen LogP contribution in [0.2, 0.25) is 0 Å². The summed E-state index contributed by atoms with van der Waals surface area (Å²) in [5.41, 5.74) is 0.625. The molecule has 1 aromatic heterocycles. The number of pyridine rings is 1. The second-order valence-corrected chi connectivity index (χ2v) is 7.65. The Bertz CT molecular complexity index is 762. The van der Waals surface area contributed by atoms with Crippen LogP contribution in [0.3, 0.4) is 0 Å². The Balaban J connectivity index is 2.01. The van der Waals surface area contributed by atoms with Crippen LogP contribution in [-0.4, -0.2) is 43.5 Å². The lowest BCUT2D eigenvalue weighted by molar-refractivity contribution is -0.116. The highest BCUT2D eigenvalue weighted by Gasteiger charge is 2.23. The topological polar surface area (TPSA) is 79.4 Å². The second kappa shape index (κ2) is 7.58. The average molecular weight is 351 g/mol. The first-order chi connectivity index (χ1) is 10.9. The number of rotatable bonds is 6. The molecule has 1 heterocycles. The summed E-state index contributed by atoms with van der Waals surface area (Å²) in [6.45, 7) is -0.276. The Labute approximate surface area is 140 Å². The molecule has 0 aliphatic heterocycles. The Morgan fingerprint density at radius 1 is 1.26 bits per heavy atom. The van der Waals surface area contributed by atoms with Gasteiger partial charge < -0.3 is 5.32 Å². The van der Waals surface area contributed by atoms with Gasteiger partial charge in [-0.2, -0.15) is 4.31 Å². The van der Waals surface area contributed by atoms with Crippen molar-refractivity contribution in [1.29, 1.82) is 0 Å². The number of thioether (sulfide) groups is 1. The van der Waals surface area contributed by atoms with Crippen LogP contribution < -0.4 is 5.32 Å². The first-order valence-electron chi connectivity index (χ1n) is 6.74. The predicted octanol–water partition coefficient (Wildman–Crippen LogP) is 2.06. The number of likely N-dealkylation sites (N-methyl/N-ethyl adjacent to an activating group) is 1. The summed E-state index contributed by atoms with van der Waals surface area (Å²) >= 11 is 1.60. The minimum atomic E-state index is -3.73. The van der Waals surface area contributed by atoms with E-state index in [1.165, 1.54) is 31.6 Å². The van der Waals surface area contributed by atoms with E-state index in [-0.39, 0.29) is 11.4 Å². The fourth-order valence-corrected chi connectivity index (χ4v) is 3.34. The fraction of sp³-hybridized carbons (Fsp3) is 0.200. The van der Waals surface area contributed by atoms with Crippen LogP contribution in [0.15, 0.2) is 58.6 Å². The van der Waals surface area contributed by atoms with E-state index >= 15 is 0 Å². The van der Waals surface area contributed by atoms with E-state index in [1.807, 2.05) is 18.4 Å². The third kappa shape index (κ3) is 4.54. The minimum absolute atomic E-state index is 0.0552. The highest BCUT2D eigenvalue weighted by atomic mass is 32.2. The van der Waals surface area contributed by atoms with Gasteiger partial charge in [0.05, 0.1) is 6.54 Å². The van der Waals surface area contributed by atoms with Crippen molar-refractivity contribution in [2.24, 2.45) is 0 Å². The molecule has 23 heavy (non-hydrogen) atoms. The molecule has 2 rings (SSSR count). The molecule has 0 fully saturated rings. The molecule has 0 spiro atoms. The van der Waals surface area contributed by atoms with Crippen LogP contribution in [-0.2, 0) is 14.8 Å². The van der Waals surface area contributed by atoms with Gasteiger partial charge in [-0.1, -0.05) is 0 Å². The van der Waals surface area contributed by atoms with Gasteiger partial charge in [0, 0.05) is 30.0 Å². The van der Waals surface area contributed by atoms with Crippen molar-refractivity contribution in [3.8, 4) is 0 Å². The van der Waals surface area contributed by atoms with E-state index in [1.54, 1.807) is 23.9 Å². The molecule has 1 aromatic carbocycles. The maximum absolute atomic E-state index is 12.3. The van der Waals surface area contributed by atoms with E-state index in [0.717, 1.165) is 9.20 Å². The zero-order chi connectivity index (χ0) is 16.9. The predicted molar refractivity (Wildman–Crippen MR) is 90.9 cm³/mol. The average Bonchev–Trinajstić information content (AvgIpc) is 2.56. The Morgan fingerprint density at radius 2 is 1.96 bits per heavy atom. The van der Waals surface area contributed by atoms with Crippen LogP contribution in [0, 0.1) is 0 Å². The molecule has 0 unspecified atom stereocenters. The lowest BCUT2D eigenvalue weighted by Crippen LogP contribution is -2.35. The van der Waals surface area contributed by atoms with Gasteiger partial charge in [0.2, 0.25) is 15.9 Å². The number of hydrogen-bond acceptors (Lipinski definition) is 5. The summed E-state index contributed by atoms with van der Waals surface area (Å²) in [5, 5.41) is 2.68. The van der Waals surface area contributed by atoms with Crippen molar-refractivity contribution in [3.63, 3.8) is 0 Å². The maximum atomic E-state index is 12.3. The smallest absolute Gasteiger partial charge is 0.244 e. The van der Waals surface area contributed by atoms with E-state index in [2.05, 4.69) is 10.3 Å². The van der Waals surface area contributed by atoms with Gasteiger partial charge in [0.25, 0.3) is 0 Å². The van der Waals surface area contributed by atoms with E-state index in [0.29, 0.717) is 5.69 Å². The number of nitrogens with zero attached hydrogens (tertiary/aromatic N) is 2. The summed E-state index contributed by atoms with van der Waals surface area (Å²) in [6.07, 6.45) is 4.71. The van der Waals surface area contributed by atoms with E-state index in [9.17, 15) is 13.2 Å². The number of anilines is 1. The Hall–Kier alpha value is -1.90. The Morgan fingerprint density at radius 3 is 2.52 bits per heavy atom. The van der Waals surface area contributed by atoms with E-state index in [4.69, 9.17) is 0 Å². The number of aromatic nitrogens is 1. The fourth-order valence-electron chi connectivity index (χ4n) is 1.84. The van der Waals surface area contributed by atoms with Crippen LogP contribution >= 0.6 is 11.8 Å². The molecular weight excluding hydrogens is 334 g/mol. The number of nitrogens with one attached hydrogen (secondary N) is 1. The second-order valence-electron chi connectivity index (χ2n) is 4.73. The highest BCUT2D eigenvalue weighted by Crippen LogP contribution is 2.17. The zero-order valence-electron chi connectivity index (χ0n) is 12.8. The molecule has 1 amide bonds. The van der Waals surface area contributed by atoms with Gasteiger partial charge in [-0.05, 0) is 42.7 Å². The standard InChI is InChI=1S/C15H17N3O3S2/c1-18(23(20,21)14-4-3-9-16-10-14)11-15(19)17-12-5-7-13(22-2)8-6-12/h3-10H,11H2,1-2H3,(H,17,19). The van der Waals surface area contributed by atoms with Gasteiger partial charge in [0.15, 0.2) is 0 Å². The van der Waals surface area contributed by atoms with Gasteiger partial charge in [-0.25, -0.2) is 8.42 Å². The van der Waals surface area contributed by atoms with Crippen LogP contribution in [0.25, 0.3) is 0 Å². The summed E-state index contributed by atoms with van der Waals surface area (Å²) in [7, 11) is -2.37. The molecule has 0 radical (unpaired) electrons. The van der Waals surface area contributed by atoms with Gasteiger partial charge in [-0.3, -0.25) is 9.78 Å². The first kappa shape index (κ1) is 17.5. The van der Waals surface area contributed by atoms with Gasteiger partial charge >= 0.3 is 0 Å². The molecule has 0 atom stereocenters. The third-order valence-electron chi connectivity index (χ3n) is 3.08. The molecule has 0 aliphatic rings. The molecule has 2 aromatic rings. The summed E-state index contributed by atoms with van der Waals surface area (Å²) in [6, 6.07) is 10.3. The summed E-state index contributed by atoms with van der Waals surface area (Å²) in [4.78, 5) is 16.9. The molecule has 1 N–H and O–H groups in total. The molecule has 0 saturated carbocycles. The number of hydrogen-bond donors (Lipinski definition) is 1. The molecule has 0 saturated heterocycles. The van der Waals surface area contributed by atoms with Crippen LogP contribution in [0.4, 0.5) is 5.69 Å². The van der Waals surface area contributed by atoms with Crippen molar-refractivity contribution in [2.75, 3.05) is 25.2 Å². The first-order valence-corrected chi connectivity index (χ1v) is 9.40. The number of amides is 1. The van der Waals surface area contributed by atoms with Crippen molar-refractivity contribution in [2.45, 2.75) is 9.79 Å². The van der Waals surface area contributed by atoms with Crippen molar-refractivity contribution >= 4 is 33.4 Å². The quantitative estimate of drug-likeness (QED) is 0.806. The van der Waals surface area contributed by atoms with Crippen LogP contribution in [0.5, 0.6) is 0 Å². The largest absolute Gasteiger partial charge is 0.325 e. The van der Waals surface area contributed by atoms with Crippen molar-refractivity contribution in [1.82, 2.24) is 9.29 Å². The van der Waals surface area contributed by atoms with Crippen LogP contribution in [0.1, 0.15) is 0 Å². The van der Waals surface area contributed by atoms with Crippen molar-refractivity contribution < 1.29 is 13.2 Å². The monoisotopic (exact) mass is 351 g/mol. The maximum Gasteiger partial charge on any atom is 0.244 e. The lowest BCUT2D eigenvalue weighted by atomic mass is 10.3. The van der Waals surface area contributed by atoms with E-state index < -0.39 is 15.9 Å². The number of sulfonamides is 1. The third-order valence-corrected chi connectivity index (χ3v) is 5.61. The molecule has 0 bridgehead atoms. The molecule has 6 nitrogen and oxygen atoms in total. The summed E-state index contributed by atoms with van der Waals surface area (Å²) in [5.74, 6) is -0.406. The SMILES string of the molecule is CSc1ccc(NC(=O)CN(C)S(=O)(=O)c2cccnc2)cc1.